The number of aryl methyl sites for hydroxylation is 1. The molecule has 2 fully saturated rings. The molecule has 22 heavy (non-hydrogen) atoms. The number of hydrogen-bond acceptors (Lipinski definition) is 4. The largest absolute Gasteiger partial charge is 0.389 e. The zero-order valence-electron chi connectivity index (χ0n) is 13.3. The molecule has 6 heteroatoms. The number of nitrogens with one attached hydrogen (secondary N) is 1. The normalized spacial score (nSPS) is 24.5. The zero-order valence-corrected chi connectivity index (χ0v) is 13.3. The van der Waals surface area contributed by atoms with Crippen LogP contribution in [0, 0.1) is 0 Å². The van der Waals surface area contributed by atoms with Crippen molar-refractivity contribution in [1.82, 2.24) is 15.1 Å². The molecule has 0 bridgehead atoms. The number of anilines is 1. The van der Waals surface area contributed by atoms with Gasteiger partial charge in [-0.05, 0) is 25.7 Å². The summed E-state index contributed by atoms with van der Waals surface area (Å²) in [6.07, 6.45) is 9.75. The third-order valence-corrected chi connectivity index (χ3v) is 4.87. The summed E-state index contributed by atoms with van der Waals surface area (Å²) in [6.45, 7) is 1.82. The lowest BCUT2D eigenvalue weighted by atomic mass is 9.97. The Bertz CT molecular complexity index is 522. The summed E-state index contributed by atoms with van der Waals surface area (Å²) >= 11 is 0. The van der Waals surface area contributed by atoms with Crippen LogP contribution < -0.4 is 10.2 Å². The summed E-state index contributed by atoms with van der Waals surface area (Å²) < 4.78 is 1.80. The molecule has 2 heterocycles. The molecule has 1 aliphatic carbocycles. The number of piperidine rings is 1. The quantitative estimate of drug-likeness (QED) is 0.877. The molecular weight excluding hydrogens is 280 g/mol. The van der Waals surface area contributed by atoms with Gasteiger partial charge >= 0.3 is 0 Å². The number of aliphatic hydroxyl groups is 1. The maximum absolute atomic E-state index is 12.2. The fourth-order valence-corrected chi connectivity index (χ4v) is 3.69. The molecule has 1 unspecified atom stereocenters. The minimum atomic E-state index is -0.762. The zero-order chi connectivity index (χ0) is 15.6. The van der Waals surface area contributed by atoms with Gasteiger partial charge in [0.2, 0.25) is 5.91 Å². The van der Waals surface area contributed by atoms with E-state index in [2.05, 4.69) is 15.3 Å². The molecule has 1 saturated heterocycles. The molecule has 2 aliphatic rings. The first-order valence-electron chi connectivity index (χ1n) is 8.29. The topological polar surface area (TPSA) is 70.4 Å². The van der Waals surface area contributed by atoms with Crippen LogP contribution in [0.3, 0.4) is 0 Å². The number of carbonyl (C=O) groups excluding carboxylic acids is 1. The monoisotopic (exact) mass is 306 g/mol. The average molecular weight is 306 g/mol. The van der Waals surface area contributed by atoms with Crippen LogP contribution in [0.15, 0.2) is 12.4 Å². The van der Waals surface area contributed by atoms with Gasteiger partial charge in [0, 0.05) is 32.4 Å². The van der Waals surface area contributed by atoms with E-state index in [0.717, 1.165) is 57.3 Å². The molecule has 0 spiro atoms. The Morgan fingerprint density at radius 1 is 1.45 bits per heavy atom. The molecule has 6 nitrogen and oxygen atoms in total. The Morgan fingerprint density at radius 2 is 2.23 bits per heavy atom. The van der Waals surface area contributed by atoms with E-state index >= 15 is 0 Å². The fourth-order valence-electron chi connectivity index (χ4n) is 3.69. The highest BCUT2D eigenvalue weighted by Gasteiger charge is 2.34. The lowest BCUT2D eigenvalue weighted by molar-refractivity contribution is -0.126. The van der Waals surface area contributed by atoms with Gasteiger partial charge in [-0.15, -0.1) is 0 Å². The standard InChI is InChI=1S/C16H26N4O2/c1-19-12-14(10-17-19)20-8-4-5-13(11-20)18-15(21)9-16(22)6-2-3-7-16/h10,12-13,22H,2-9,11H2,1H3,(H,18,21). The number of carbonyl (C=O) groups is 1. The van der Waals surface area contributed by atoms with Crippen molar-refractivity contribution in [3.8, 4) is 0 Å². The summed E-state index contributed by atoms with van der Waals surface area (Å²) in [7, 11) is 1.91. The van der Waals surface area contributed by atoms with Crippen molar-refractivity contribution >= 4 is 11.6 Å². The maximum Gasteiger partial charge on any atom is 0.223 e. The van der Waals surface area contributed by atoms with Crippen molar-refractivity contribution in [2.45, 2.75) is 56.6 Å². The number of hydrogen-bond donors (Lipinski definition) is 2. The van der Waals surface area contributed by atoms with Gasteiger partial charge in [0.1, 0.15) is 0 Å². The SMILES string of the molecule is Cn1cc(N2CCCC(NC(=O)CC3(O)CCCC3)C2)cn1. The number of amides is 1. The van der Waals surface area contributed by atoms with Crippen molar-refractivity contribution in [3.05, 3.63) is 12.4 Å². The smallest absolute Gasteiger partial charge is 0.223 e. The van der Waals surface area contributed by atoms with Gasteiger partial charge in [0.15, 0.2) is 0 Å². The Hall–Kier alpha value is -1.56. The van der Waals surface area contributed by atoms with Gasteiger partial charge < -0.3 is 15.3 Å². The second-order valence-electron chi connectivity index (χ2n) is 6.83. The van der Waals surface area contributed by atoms with Gasteiger partial charge in [0.05, 0.1) is 23.9 Å². The number of aromatic nitrogens is 2. The summed E-state index contributed by atoms with van der Waals surface area (Å²) in [4.78, 5) is 14.5. The van der Waals surface area contributed by atoms with Crippen LogP contribution in [0.1, 0.15) is 44.9 Å². The Balaban J connectivity index is 1.52. The van der Waals surface area contributed by atoms with Gasteiger partial charge in [-0.1, -0.05) is 12.8 Å². The first-order chi connectivity index (χ1) is 10.5. The number of nitrogens with zero attached hydrogens (tertiary/aromatic N) is 3. The lowest BCUT2D eigenvalue weighted by Gasteiger charge is -2.34. The summed E-state index contributed by atoms with van der Waals surface area (Å²) in [5, 5.41) is 17.7. The first kappa shape index (κ1) is 15.3. The molecule has 122 valence electrons. The number of rotatable bonds is 4. The summed E-state index contributed by atoms with van der Waals surface area (Å²) in [6, 6.07) is 0.159. The van der Waals surface area contributed by atoms with Gasteiger partial charge in [0.25, 0.3) is 0 Å². The minimum Gasteiger partial charge on any atom is -0.389 e. The van der Waals surface area contributed by atoms with Crippen molar-refractivity contribution in [3.63, 3.8) is 0 Å². The van der Waals surface area contributed by atoms with Crippen LogP contribution in [0.25, 0.3) is 0 Å². The van der Waals surface area contributed by atoms with Crippen LogP contribution >= 0.6 is 0 Å². The predicted molar refractivity (Wildman–Crippen MR) is 84.6 cm³/mol. The highest BCUT2D eigenvalue weighted by Crippen LogP contribution is 2.32. The molecule has 2 N–H and O–H groups in total. The van der Waals surface area contributed by atoms with E-state index in [1.54, 1.807) is 4.68 Å². The van der Waals surface area contributed by atoms with Crippen molar-refractivity contribution in [1.29, 1.82) is 0 Å². The van der Waals surface area contributed by atoms with E-state index in [0.29, 0.717) is 0 Å². The van der Waals surface area contributed by atoms with Crippen molar-refractivity contribution in [2.75, 3.05) is 18.0 Å². The molecular formula is C16H26N4O2. The highest BCUT2D eigenvalue weighted by molar-refractivity contribution is 5.77. The molecule has 1 aromatic heterocycles. The highest BCUT2D eigenvalue weighted by atomic mass is 16.3. The fraction of sp³-hybridized carbons (Fsp3) is 0.750. The van der Waals surface area contributed by atoms with E-state index in [9.17, 15) is 9.90 Å². The van der Waals surface area contributed by atoms with Crippen LogP contribution in [0.5, 0.6) is 0 Å². The Morgan fingerprint density at radius 3 is 2.91 bits per heavy atom. The summed E-state index contributed by atoms with van der Waals surface area (Å²) in [5.41, 5.74) is 0.345. The second-order valence-corrected chi connectivity index (χ2v) is 6.83. The van der Waals surface area contributed by atoms with E-state index in [4.69, 9.17) is 0 Å². The van der Waals surface area contributed by atoms with E-state index in [-0.39, 0.29) is 18.4 Å². The lowest BCUT2D eigenvalue weighted by Crippen LogP contribution is -2.49. The Kier molecular flexibility index (Phi) is 4.38. The molecule has 3 rings (SSSR count). The molecule has 0 aromatic carbocycles. The van der Waals surface area contributed by atoms with E-state index in [1.807, 2.05) is 19.4 Å². The van der Waals surface area contributed by atoms with Crippen molar-refractivity contribution in [2.24, 2.45) is 7.05 Å². The first-order valence-corrected chi connectivity index (χ1v) is 8.29. The molecule has 1 aromatic rings. The third kappa shape index (κ3) is 3.61. The molecule has 1 saturated carbocycles. The average Bonchev–Trinajstić information content (AvgIpc) is 3.08. The second kappa shape index (κ2) is 6.28. The van der Waals surface area contributed by atoms with E-state index < -0.39 is 5.60 Å². The van der Waals surface area contributed by atoms with Crippen molar-refractivity contribution < 1.29 is 9.90 Å². The molecule has 1 amide bonds. The predicted octanol–water partition coefficient (Wildman–Crippen LogP) is 1.20. The van der Waals surface area contributed by atoms with Gasteiger partial charge in [-0.3, -0.25) is 9.48 Å². The van der Waals surface area contributed by atoms with Crippen LogP contribution in [0.2, 0.25) is 0 Å². The van der Waals surface area contributed by atoms with Gasteiger partial charge in [-0.25, -0.2) is 0 Å². The van der Waals surface area contributed by atoms with Crippen LogP contribution in [-0.4, -0.2) is 45.5 Å². The molecule has 1 atom stereocenters. The van der Waals surface area contributed by atoms with Crippen LogP contribution in [0.4, 0.5) is 5.69 Å². The van der Waals surface area contributed by atoms with E-state index in [1.165, 1.54) is 0 Å². The summed E-state index contributed by atoms with van der Waals surface area (Å²) in [5.74, 6) is -0.0116. The maximum atomic E-state index is 12.2. The molecule has 1 aliphatic heterocycles. The Labute approximate surface area is 131 Å². The van der Waals surface area contributed by atoms with Crippen LogP contribution in [-0.2, 0) is 11.8 Å². The van der Waals surface area contributed by atoms with Gasteiger partial charge in [-0.2, -0.15) is 5.10 Å². The third-order valence-electron chi connectivity index (χ3n) is 4.87. The minimum absolute atomic E-state index is 0.0116. The molecule has 0 radical (unpaired) electrons.